The van der Waals surface area contributed by atoms with Gasteiger partial charge in [0.2, 0.25) is 11.7 Å². The molecule has 3 rings (SSSR count). The quantitative estimate of drug-likeness (QED) is 0.660. The van der Waals surface area contributed by atoms with Gasteiger partial charge >= 0.3 is 0 Å². The Morgan fingerprint density at radius 3 is 3.06 bits per heavy atom. The first-order valence-electron chi connectivity index (χ1n) is 4.77. The molecule has 0 aromatic carbocycles. The van der Waals surface area contributed by atoms with E-state index in [-0.39, 0.29) is 0 Å². The Kier molecular flexibility index (Phi) is 3.73. The molecule has 0 unspecified atom stereocenters. The van der Waals surface area contributed by atoms with E-state index in [1.165, 1.54) is 23.1 Å². The van der Waals surface area contributed by atoms with E-state index in [1.54, 1.807) is 16.8 Å². The van der Waals surface area contributed by atoms with Gasteiger partial charge in [0.05, 0.1) is 10.6 Å². The first-order valence-corrected chi connectivity index (χ1v) is 8.31. The predicted octanol–water partition coefficient (Wildman–Crippen LogP) is 3.70. The number of nitrogens with zero attached hydrogens (tertiary/aromatic N) is 4. The number of hydrogen-bond acceptors (Lipinski definition) is 8. The van der Waals surface area contributed by atoms with Gasteiger partial charge in [-0.1, -0.05) is 28.3 Å². The number of halogens is 1. The van der Waals surface area contributed by atoms with E-state index in [0.717, 1.165) is 13.7 Å². The van der Waals surface area contributed by atoms with E-state index in [2.05, 4.69) is 36.3 Å². The minimum atomic E-state index is 0.592. The van der Waals surface area contributed by atoms with Crippen LogP contribution >= 0.6 is 50.4 Å². The molecule has 0 bridgehead atoms. The van der Waals surface area contributed by atoms with Gasteiger partial charge in [-0.25, -0.2) is 0 Å². The molecule has 0 saturated carbocycles. The first-order chi connectivity index (χ1) is 8.81. The van der Waals surface area contributed by atoms with Gasteiger partial charge in [-0.2, -0.15) is 4.98 Å². The summed E-state index contributed by atoms with van der Waals surface area (Å²) >= 11 is 8.00. The zero-order chi connectivity index (χ0) is 12.4. The van der Waals surface area contributed by atoms with Crippen molar-refractivity contribution in [3.8, 4) is 10.7 Å². The van der Waals surface area contributed by atoms with Gasteiger partial charge in [-0.05, 0) is 22.0 Å². The number of rotatable bonds is 4. The number of thioether (sulfide) groups is 1. The summed E-state index contributed by atoms with van der Waals surface area (Å²) in [7, 11) is 0. The highest BCUT2D eigenvalue weighted by atomic mass is 79.9. The summed E-state index contributed by atoms with van der Waals surface area (Å²) in [6, 6.07) is 1.97. The Labute approximate surface area is 123 Å². The molecule has 0 saturated heterocycles. The second-order valence-corrected chi connectivity index (χ2v) is 7.02. The maximum absolute atomic E-state index is 5.19. The molecule has 0 aliphatic carbocycles. The van der Waals surface area contributed by atoms with Crippen molar-refractivity contribution in [1.29, 1.82) is 0 Å². The minimum absolute atomic E-state index is 0.592. The summed E-state index contributed by atoms with van der Waals surface area (Å²) in [6.07, 6.45) is 0. The van der Waals surface area contributed by atoms with Crippen LogP contribution in [0.5, 0.6) is 0 Å². The van der Waals surface area contributed by atoms with Crippen LogP contribution in [0.3, 0.4) is 0 Å². The third kappa shape index (κ3) is 2.79. The van der Waals surface area contributed by atoms with Crippen LogP contribution in [-0.4, -0.2) is 20.3 Å². The molecular weight excluding hydrogens is 356 g/mol. The van der Waals surface area contributed by atoms with Gasteiger partial charge in [0, 0.05) is 9.85 Å². The largest absolute Gasteiger partial charge is 0.338 e. The molecule has 0 N–H and O–H groups in total. The molecule has 92 valence electrons. The molecule has 0 atom stereocenters. The summed E-state index contributed by atoms with van der Waals surface area (Å²) in [5.74, 6) is 1.82. The van der Waals surface area contributed by atoms with Gasteiger partial charge in [0.1, 0.15) is 5.51 Å². The molecule has 5 nitrogen and oxygen atoms in total. The fraction of sp³-hybridized carbons (Fsp3) is 0.111. The SMILES string of the molecule is Brc1csc(-c2noc(CSc3nncs3)n2)c1. The maximum atomic E-state index is 5.19. The summed E-state index contributed by atoms with van der Waals surface area (Å²) in [5.41, 5.74) is 1.70. The van der Waals surface area contributed by atoms with Crippen molar-refractivity contribution in [2.24, 2.45) is 0 Å². The molecule has 0 aliphatic heterocycles. The van der Waals surface area contributed by atoms with E-state index < -0.39 is 0 Å². The van der Waals surface area contributed by atoms with E-state index in [0.29, 0.717) is 17.5 Å². The normalized spacial score (nSPS) is 10.9. The van der Waals surface area contributed by atoms with Crippen LogP contribution < -0.4 is 0 Å². The summed E-state index contributed by atoms with van der Waals surface area (Å²) in [5, 5.41) is 13.6. The summed E-state index contributed by atoms with van der Waals surface area (Å²) < 4.78 is 7.11. The Morgan fingerprint density at radius 1 is 1.39 bits per heavy atom. The van der Waals surface area contributed by atoms with Gasteiger partial charge in [-0.3, -0.25) is 0 Å². The van der Waals surface area contributed by atoms with Crippen LogP contribution in [0.15, 0.2) is 30.3 Å². The highest BCUT2D eigenvalue weighted by Gasteiger charge is 2.11. The second kappa shape index (κ2) is 5.47. The number of hydrogen-bond donors (Lipinski definition) is 0. The highest BCUT2D eigenvalue weighted by molar-refractivity contribution is 9.10. The molecule has 0 aliphatic rings. The van der Waals surface area contributed by atoms with Crippen LogP contribution in [0, 0.1) is 0 Å². The Morgan fingerprint density at radius 2 is 2.33 bits per heavy atom. The molecule has 0 spiro atoms. The Hall–Kier alpha value is -0.770. The molecule has 0 fully saturated rings. The van der Waals surface area contributed by atoms with Crippen LogP contribution in [0.1, 0.15) is 5.89 Å². The smallest absolute Gasteiger partial charge is 0.237 e. The molecule has 0 radical (unpaired) electrons. The van der Waals surface area contributed by atoms with Crippen molar-refractivity contribution in [2.75, 3.05) is 0 Å². The molecule has 3 aromatic heterocycles. The predicted molar refractivity (Wildman–Crippen MR) is 74.8 cm³/mol. The van der Waals surface area contributed by atoms with Crippen LogP contribution in [0.4, 0.5) is 0 Å². The Bertz CT molecular complexity index is 636. The standard InChI is InChI=1S/C9H5BrN4OS3/c10-5-1-6(16-2-5)8-12-7(15-14-8)3-17-9-13-11-4-18-9/h1-2,4H,3H2. The fourth-order valence-corrected chi connectivity index (χ4v) is 3.87. The average molecular weight is 361 g/mol. The van der Waals surface area contributed by atoms with Crippen LogP contribution in [0.25, 0.3) is 10.7 Å². The fourth-order valence-electron chi connectivity index (χ4n) is 1.19. The lowest BCUT2D eigenvalue weighted by molar-refractivity contribution is 0.392. The van der Waals surface area contributed by atoms with Crippen LogP contribution in [0.2, 0.25) is 0 Å². The van der Waals surface area contributed by atoms with Crippen molar-refractivity contribution in [2.45, 2.75) is 10.1 Å². The zero-order valence-electron chi connectivity index (χ0n) is 8.74. The van der Waals surface area contributed by atoms with Crippen molar-refractivity contribution in [1.82, 2.24) is 20.3 Å². The zero-order valence-corrected chi connectivity index (χ0v) is 12.8. The van der Waals surface area contributed by atoms with Gasteiger partial charge < -0.3 is 4.52 Å². The maximum Gasteiger partial charge on any atom is 0.237 e. The van der Waals surface area contributed by atoms with Crippen molar-refractivity contribution in [3.63, 3.8) is 0 Å². The van der Waals surface area contributed by atoms with Crippen molar-refractivity contribution < 1.29 is 4.52 Å². The number of thiophene rings is 1. The van der Waals surface area contributed by atoms with E-state index >= 15 is 0 Å². The van der Waals surface area contributed by atoms with Crippen LogP contribution in [-0.2, 0) is 5.75 Å². The number of aromatic nitrogens is 4. The first kappa shape index (κ1) is 12.3. The lowest BCUT2D eigenvalue weighted by Gasteiger charge is -1.88. The molecule has 9 heteroatoms. The van der Waals surface area contributed by atoms with Gasteiger partial charge in [0.25, 0.3) is 0 Å². The third-order valence-electron chi connectivity index (χ3n) is 1.92. The summed E-state index contributed by atoms with van der Waals surface area (Å²) in [4.78, 5) is 5.32. The topological polar surface area (TPSA) is 64.7 Å². The monoisotopic (exact) mass is 360 g/mol. The molecule has 3 aromatic rings. The highest BCUT2D eigenvalue weighted by Crippen LogP contribution is 2.29. The minimum Gasteiger partial charge on any atom is -0.338 e. The average Bonchev–Trinajstić information content (AvgIpc) is 3.07. The Balaban J connectivity index is 1.70. The van der Waals surface area contributed by atoms with E-state index in [9.17, 15) is 0 Å². The van der Waals surface area contributed by atoms with E-state index in [4.69, 9.17) is 4.52 Å². The van der Waals surface area contributed by atoms with Gasteiger partial charge in [-0.15, -0.1) is 21.5 Å². The molecule has 18 heavy (non-hydrogen) atoms. The molecule has 3 heterocycles. The van der Waals surface area contributed by atoms with Crippen molar-refractivity contribution >= 4 is 50.4 Å². The van der Waals surface area contributed by atoms with Crippen molar-refractivity contribution in [3.05, 3.63) is 27.3 Å². The second-order valence-electron chi connectivity index (χ2n) is 3.13. The van der Waals surface area contributed by atoms with Gasteiger partial charge in [0.15, 0.2) is 4.34 Å². The van der Waals surface area contributed by atoms with E-state index in [1.807, 2.05) is 11.4 Å². The summed E-state index contributed by atoms with van der Waals surface area (Å²) in [6.45, 7) is 0. The third-order valence-corrected chi connectivity index (χ3v) is 5.45. The lowest BCUT2D eigenvalue weighted by atomic mass is 10.4. The molecule has 0 amide bonds. The molecular formula is C9H5BrN4OS3. The lowest BCUT2D eigenvalue weighted by Crippen LogP contribution is -1.80.